The van der Waals surface area contributed by atoms with E-state index in [1.807, 2.05) is 0 Å². The van der Waals surface area contributed by atoms with E-state index in [1.165, 1.54) is 0 Å². The summed E-state index contributed by atoms with van der Waals surface area (Å²) in [5.74, 6) is 0. The number of nitrogens with two attached hydrogens (primary N) is 1. The van der Waals surface area contributed by atoms with E-state index < -0.39 is 27.5 Å². The normalized spacial score (nSPS) is 23.6. The molecule has 72 valence electrons. The van der Waals surface area contributed by atoms with E-state index in [9.17, 15) is 8.42 Å². The maximum atomic E-state index is 11.0. The van der Waals surface area contributed by atoms with Crippen LogP contribution in [0.3, 0.4) is 0 Å². The summed E-state index contributed by atoms with van der Waals surface area (Å²) in [6.07, 6.45) is 0.0412. The molecule has 1 aliphatic rings. The minimum absolute atomic E-state index is 0.0440. The third-order valence-corrected chi connectivity index (χ3v) is 4.01. The van der Waals surface area contributed by atoms with Crippen LogP contribution in [-0.4, -0.2) is 36.1 Å². The third-order valence-electron chi connectivity index (χ3n) is 2.23. The Morgan fingerprint density at radius 2 is 2.00 bits per heavy atom. The summed E-state index contributed by atoms with van der Waals surface area (Å²) in [6, 6.07) is 0. The van der Waals surface area contributed by atoms with Crippen molar-refractivity contribution >= 4 is 10.0 Å². The Labute approximate surface area is 71.2 Å². The molecule has 6 heteroatoms. The molecule has 0 heterocycles. The van der Waals surface area contributed by atoms with Crippen molar-refractivity contribution in [3.8, 4) is 0 Å². The molecule has 0 bridgehead atoms. The van der Waals surface area contributed by atoms with Gasteiger partial charge in [-0.2, -0.15) is 0 Å². The number of aliphatic hydroxyl groups is 2. The lowest BCUT2D eigenvalue weighted by atomic mass is 10.2. The fourth-order valence-electron chi connectivity index (χ4n) is 1.24. The summed E-state index contributed by atoms with van der Waals surface area (Å²) in [5, 5.41) is 22.5. The largest absolute Gasteiger partial charge is 0.394 e. The van der Waals surface area contributed by atoms with E-state index in [0.29, 0.717) is 12.8 Å². The topological polar surface area (TPSA) is 101 Å². The van der Waals surface area contributed by atoms with E-state index in [-0.39, 0.29) is 6.42 Å². The minimum Gasteiger partial charge on any atom is -0.394 e. The smallest absolute Gasteiger partial charge is 0.214 e. The molecule has 12 heavy (non-hydrogen) atoms. The summed E-state index contributed by atoms with van der Waals surface area (Å²) in [4.78, 5) is 0. The van der Waals surface area contributed by atoms with Gasteiger partial charge in [0, 0.05) is 0 Å². The fourth-order valence-corrected chi connectivity index (χ4v) is 2.33. The lowest BCUT2D eigenvalue weighted by molar-refractivity contribution is 0.0858. The maximum absolute atomic E-state index is 11.0. The van der Waals surface area contributed by atoms with Gasteiger partial charge in [-0.05, 0) is 19.3 Å². The van der Waals surface area contributed by atoms with Crippen LogP contribution in [0.4, 0.5) is 0 Å². The van der Waals surface area contributed by atoms with Gasteiger partial charge in [-0.1, -0.05) is 0 Å². The first-order chi connectivity index (χ1) is 5.41. The van der Waals surface area contributed by atoms with Gasteiger partial charge < -0.3 is 10.2 Å². The summed E-state index contributed by atoms with van der Waals surface area (Å²) in [5.41, 5.74) is 0. The average molecular weight is 195 g/mol. The number of sulfonamides is 1. The monoisotopic (exact) mass is 195 g/mol. The van der Waals surface area contributed by atoms with Crippen molar-refractivity contribution in [2.24, 2.45) is 5.14 Å². The zero-order chi connectivity index (χ0) is 9.41. The van der Waals surface area contributed by atoms with Gasteiger partial charge in [0.05, 0.1) is 17.5 Å². The fraction of sp³-hybridized carbons (Fsp3) is 1.00. The first-order valence-electron chi connectivity index (χ1n) is 3.72. The van der Waals surface area contributed by atoms with E-state index in [1.54, 1.807) is 0 Å². The van der Waals surface area contributed by atoms with E-state index in [0.717, 1.165) is 0 Å². The van der Waals surface area contributed by atoms with Crippen LogP contribution in [0.25, 0.3) is 0 Å². The van der Waals surface area contributed by atoms with Gasteiger partial charge in [0.2, 0.25) is 10.0 Å². The lowest BCUT2D eigenvalue weighted by Crippen LogP contribution is -2.34. The van der Waals surface area contributed by atoms with Gasteiger partial charge in [0.15, 0.2) is 0 Å². The van der Waals surface area contributed by atoms with Crippen molar-refractivity contribution in [1.82, 2.24) is 0 Å². The average Bonchev–Trinajstić information content (AvgIpc) is 2.67. The van der Waals surface area contributed by atoms with Crippen LogP contribution in [0, 0.1) is 0 Å². The second-order valence-electron chi connectivity index (χ2n) is 3.27. The number of primary sulfonamides is 1. The van der Waals surface area contributed by atoms with Crippen molar-refractivity contribution < 1.29 is 18.6 Å². The molecule has 0 radical (unpaired) electrons. The third kappa shape index (κ3) is 1.77. The van der Waals surface area contributed by atoms with Gasteiger partial charge in [-0.3, -0.25) is 0 Å². The van der Waals surface area contributed by atoms with Crippen LogP contribution in [0.1, 0.15) is 19.3 Å². The molecular weight excluding hydrogens is 182 g/mol. The van der Waals surface area contributed by atoms with E-state index in [2.05, 4.69) is 0 Å². The van der Waals surface area contributed by atoms with Crippen molar-refractivity contribution in [3.05, 3.63) is 0 Å². The molecule has 1 aliphatic carbocycles. The highest BCUT2D eigenvalue weighted by Gasteiger charge is 2.53. The first kappa shape index (κ1) is 9.91. The Morgan fingerprint density at radius 1 is 1.50 bits per heavy atom. The van der Waals surface area contributed by atoms with Crippen LogP contribution in [0.2, 0.25) is 0 Å². The highest BCUT2D eigenvalue weighted by Crippen LogP contribution is 2.45. The number of rotatable bonds is 4. The van der Waals surface area contributed by atoms with Crippen LogP contribution >= 0.6 is 0 Å². The maximum Gasteiger partial charge on any atom is 0.214 e. The molecule has 5 nitrogen and oxygen atoms in total. The standard InChI is InChI=1S/C6H13NO4S/c7-12(10,11)6(1-2-6)3-5(9)4-8/h5,8-9H,1-4H2,(H2,7,10,11). The highest BCUT2D eigenvalue weighted by atomic mass is 32.2. The molecule has 4 N–H and O–H groups in total. The van der Waals surface area contributed by atoms with Crippen LogP contribution in [0.15, 0.2) is 0 Å². The number of hydrogen-bond donors (Lipinski definition) is 3. The van der Waals surface area contributed by atoms with Gasteiger partial charge >= 0.3 is 0 Å². The molecule has 1 saturated carbocycles. The predicted molar refractivity (Wildman–Crippen MR) is 42.8 cm³/mol. The molecule has 1 rings (SSSR count). The van der Waals surface area contributed by atoms with Crippen LogP contribution in [-0.2, 0) is 10.0 Å². The molecule has 0 aromatic heterocycles. The van der Waals surface area contributed by atoms with E-state index >= 15 is 0 Å². The molecule has 1 fully saturated rings. The van der Waals surface area contributed by atoms with Crippen LogP contribution < -0.4 is 5.14 Å². The van der Waals surface area contributed by atoms with Gasteiger partial charge in [-0.15, -0.1) is 0 Å². The Balaban J connectivity index is 2.63. The molecule has 0 amide bonds. The summed E-state index contributed by atoms with van der Waals surface area (Å²) in [6.45, 7) is -0.419. The predicted octanol–water partition coefficient (Wildman–Crippen LogP) is -1.45. The summed E-state index contributed by atoms with van der Waals surface area (Å²) in [7, 11) is -3.57. The SMILES string of the molecule is NS(=O)(=O)C1(CC(O)CO)CC1. The second-order valence-corrected chi connectivity index (χ2v) is 5.22. The van der Waals surface area contributed by atoms with Gasteiger partial charge in [-0.25, -0.2) is 13.6 Å². The highest BCUT2D eigenvalue weighted by molar-refractivity contribution is 7.90. The molecule has 0 aromatic carbocycles. The molecule has 0 aliphatic heterocycles. The van der Waals surface area contributed by atoms with Crippen LogP contribution in [0.5, 0.6) is 0 Å². The lowest BCUT2D eigenvalue weighted by Gasteiger charge is -2.15. The number of aliphatic hydroxyl groups excluding tert-OH is 2. The zero-order valence-corrected chi connectivity index (χ0v) is 7.42. The van der Waals surface area contributed by atoms with Gasteiger partial charge in [0.25, 0.3) is 0 Å². The quantitative estimate of drug-likeness (QED) is 0.511. The summed E-state index contributed by atoms with van der Waals surface area (Å²) >= 11 is 0. The van der Waals surface area contributed by atoms with Crippen molar-refractivity contribution in [3.63, 3.8) is 0 Å². The Morgan fingerprint density at radius 3 is 2.25 bits per heavy atom. The molecule has 0 saturated heterocycles. The molecule has 1 unspecified atom stereocenters. The Bertz CT molecular complexity index is 257. The molecular formula is C6H13NO4S. The summed E-state index contributed by atoms with van der Waals surface area (Å²) < 4.78 is 21.0. The van der Waals surface area contributed by atoms with Crippen molar-refractivity contribution in [1.29, 1.82) is 0 Å². The minimum atomic E-state index is -3.57. The zero-order valence-electron chi connectivity index (χ0n) is 6.60. The second kappa shape index (κ2) is 2.95. The Kier molecular flexibility index (Phi) is 2.44. The number of hydrogen-bond acceptors (Lipinski definition) is 4. The van der Waals surface area contributed by atoms with Crippen molar-refractivity contribution in [2.45, 2.75) is 30.1 Å². The molecule has 1 atom stereocenters. The molecule has 0 spiro atoms. The van der Waals surface area contributed by atoms with Crippen molar-refractivity contribution in [2.75, 3.05) is 6.61 Å². The van der Waals surface area contributed by atoms with Gasteiger partial charge in [0.1, 0.15) is 0 Å². The molecule has 0 aromatic rings. The van der Waals surface area contributed by atoms with E-state index in [4.69, 9.17) is 15.4 Å². The first-order valence-corrected chi connectivity index (χ1v) is 5.27. The Hall–Kier alpha value is -0.170.